The predicted octanol–water partition coefficient (Wildman–Crippen LogP) is 2.66. The van der Waals surface area contributed by atoms with Crippen molar-refractivity contribution in [2.75, 3.05) is 0 Å². The molecule has 0 saturated heterocycles. The molecule has 5 heteroatoms. The van der Waals surface area contributed by atoms with Gasteiger partial charge in [0, 0.05) is 0 Å². The lowest BCUT2D eigenvalue weighted by Gasteiger charge is -1.91. The van der Waals surface area contributed by atoms with Gasteiger partial charge in [-0.25, -0.2) is 9.97 Å². The molecule has 1 aromatic rings. The lowest BCUT2D eigenvalue weighted by atomic mass is 10.8. The van der Waals surface area contributed by atoms with Crippen molar-refractivity contribution in [3.63, 3.8) is 0 Å². The summed E-state index contributed by atoms with van der Waals surface area (Å²) in [5.74, 6) is 0. The molecule has 0 N–H and O–H groups in total. The number of nitrogens with zero attached hydrogens (tertiary/aromatic N) is 2. The fourth-order valence-corrected chi connectivity index (χ4v) is 1.05. The Bertz CT molecular complexity index is 228. The number of hydrogen-bond donors (Lipinski definition) is 0. The molecule has 48 valence electrons. The van der Waals surface area contributed by atoms with Crippen molar-refractivity contribution in [3.05, 3.63) is 20.6 Å². The molecule has 0 aromatic carbocycles. The summed E-state index contributed by atoms with van der Waals surface area (Å²) in [6, 6.07) is 0. The Morgan fingerprint density at radius 2 is 2.00 bits per heavy atom. The molecule has 0 bridgehead atoms. The molecule has 0 atom stereocenters. The van der Waals surface area contributed by atoms with Crippen LogP contribution >= 0.6 is 43.5 Å². The maximum absolute atomic E-state index is 5.49. The van der Waals surface area contributed by atoms with E-state index in [2.05, 4.69) is 41.8 Å². The topological polar surface area (TPSA) is 25.8 Å². The van der Waals surface area contributed by atoms with E-state index in [4.69, 9.17) is 11.6 Å². The Kier molecular flexibility index (Phi) is 2.43. The van der Waals surface area contributed by atoms with Crippen molar-refractivity contribution in [3.8, 4) is 0 Å². The third-order valence-electron chi connectivity index (χ3n) is 0.660. The number of halogens is 3. The van der Waals surface area contributed by atoms with Gasteiger partial charge in [0.25, 0.3) is 0 Å². The average Bonchev–Trinajstić information content (AvgIpc) is 1.80. The molecule has 0 fully saturated rings. The van der Waals surface area contributed by atoms with Crippen LogP contribution in [0.25, 0.3) is 0 Å². The predicted molar refractivity (Wildman–Crippen MR) is 42.4 cm³/mol. The summed E-state index contributed by atoms with van der Waals surface area (Å²) in [7, 11) is 0. The second-order valence-corrected chi connectivity index (χ2v) is 3.16. The molecule has 1 heterocycles. The maximum Gasteiger partial charge on any atom is 0.148 e. The molecule has 2 nitrogen and oxygen atoms in total. The van der Waals surface area contributed by atoms with E-state index in [1.807, 2.05) is 0 Å². The van der Waals surface area contributed by atoms with Gasteiger partial charge < -0.3 is 0 Å². The summed E-state index contributed by atoms with van der Waals surface area (Å²) in [6.07, 6.45) is 1.47. The molecule has 1 aromatic heterocycles. The van der Waals surface area contributed by atoms with Crippen LogP contribution in [-0.2, 0) is 0 Å². The Balaban J connectivity index is 3.17. The van der Waals surface area contributed by atoms with Crippen molar-refractivity contribution in [1.29, 1.82) is 0 Å². The summed E-state index contributed by atoms with van der Waals surface area (Å²) in [6.45, 7) is 0. The van der Waals surface area contributed by atoms with E-state index >= 15 is 0 Å². The first-order chi connectivity index (χ1) is 4.20. The van der Waals surface area contributed by atoms with E-state index in [0.717, 1.165) is 0 Å². The highest BCUT2D eigenvalue weighted by molar-refractivity contribution is 9.13. The molecule has 1 rings (SSSR count). The minimum absolute atomic E-state index is 0.380. The Labute approximate surface area is 73.9 Å². The van der Waals surface area contributed by atoms with E-state index in [-0.39, 0.29) is 0 Å². The molecular formula is C4HBr2ClN2. The fourth-order valence-electron chi connectivity index (χ4n) is 0.332. The average molecular weight is 272 g/mol. The monoisotopic (exact) mass is 270 g/mol. The van der Waals surface area contributed by atoms with E-state index in [0.29, 0.717) is 14.4 Å². The number of hydrogen-bond acceptors (Lipinski definition) is 2. The summed E-state index contributed by atoms with van der Waals surface area (Å²) in [4.78, 5) is 7.70. The smallest absolute Gasteiger partial charge is 0.148 e. The van der Waals surface area contributed by atoms with Gasteiger partial charge in [0.05, 0.1) is 6.20 Å². The largest absolute Gasteiger partial charge is 0.243 e. The van der Waals surface area contributed by atoms with Crippen molar-refractivity contribution < 1.29 is 0 Å². The standard InChI is InChI=1S/C4HBr2ClN2/c5-3-4(6)9-2(7)1-8-3/h1H. The second-order valence-electron chi connectivity index (χ2n) is 1.27. The zero-order valence-corrected chi connectivity index (χ0v) is 8.03. The first-order valence-corrected chi connectivity index (χ1v) is 4.00. The third-order valence-corrected chi connectivity index (χ3v) is 2.51. The highest BCUT2D eigenvalue weighted by Crippen LogP contribution is 2.18. The highest BCUT2D eigenvalue weighted by Gasteiger charge is 1.97. The Morgan fingerprint density at radius 1 is 1.33 bits per heavy atom. The van der Waals surface area contributed by atoms with Gasteiger partial charge in [-0.15, -0.1) is 0 Å². The van der Waals surface area contributed by atoms with Crippen LogP contribution in [0.3, 0.4) is 0 Å². The van der Waals surface area contributed by atoms with Crippen LogP contribution < -0.4 is 0 Å². The van der Waals surface area contributed by atoms with Crippen molar-refractivity contribution >= 4 is 43.5 Å². The van der Waals surface area contributed by atoms with Gasteiger partial charge in [0.2, 0.25) is 0 Å². The van der Waals surface area contributed by atoms with Crippen LogP contribution in [0.1, 0.15) is 0 Å². The van der Waals surface area contributed by atoms with Gasteiger partial charge in [0.15, 0.2) is 0 Å². The number of rotatable bonds is 0. The quantitative estimate of drug-likeness (QED) is 0.725. The van der Waals surface area contributed by atoms with E-state index in [1.165, 1.54) is 6.20 Å². The lowest BCUT2D eigenvalue weighted by molar-refractivity contribution is 1.13. The zero-order valence-electron chi connectivity index (χ0n) is 4.11. The molecule has 0 aliphatic heterocycles. The van der Waals surface area contributed by atoms with Crippen LogP contribution in [0, 0.1) is 0 Å². The van der Waals surface area contributed by atoms with Gasteiger partial charge >= 0.3 is 0 Å². The minimum atomic E-state index is 0.380. The van der Waals surface area contributed by atoms with Gasteiger partial charge in [0.1, 0.15) is 14.4 Å². The fraction of sp³-hybridized carbons (Fsp3) is 0. The van der Waals surface area contributed by atoms with Crippen LogP contribution in [0.2, 0.25) is 5.15 Å². The number of aromatic nitrogens is 2. The van der Waals surface area contributed by atoms with Crippen LogP contribution in [0.5, 0.6) is 0 Å². The summed E-state index contributed by atoms with van der Waals surface area (Å²) >= 11 is 11.8. The van der Waals surface area contributed by atoms with Crippen molar-refractivity contribution in [1.82, 2.24) is 9.97 Å². The Morgan fingerprint density at radius 3 is 2.44 bits per heavy atom. The molecule has 0 spiro atoms. The maximum atomic E-state index is 5.49. The SMILES string of the molecule is Clc1cnc(Br)c(Br)n1. The normalized spacial score (nSPS) is 9.67. The second kappa shape index (κ2) is 2.94. The third kappa shape index (κ3) is 1.88. The summed E-state index contributed by atoms with van der Waals surface area (Å²) < 4.78 is 1.28. The van der Waals surface area contributed by atoms with Crippen molar-refractivity contribution in [2.24, 2.45) is 0 Å². The van der Waals surface area contributed by atoms with E-state index < -0.39 is 0 Å². The van der Waals surface area contributed by atoms with Gasteiger partial charge in [-0.3, -0.25) is 0 Å². The van der Waals surface area contributed by atoms with Gasteiger partial charge in [-0.1, -0.05) is 11.6 Å². The molecule has 9 heavy (non-hydrogen) atoms. The van der Waals surface area contributed by atoms with Gasteiger partial charge in [-0.05, 0) is 31.9 Å². The minimum Gasteiger partial charge on any atom is -0.243 e. The molecule has 0 aliphatic carbocycles. The Hall–Kier alpha value is 0.330. The van der Waals surface area contributed by atoms with Gasteiger partial charge in [-0.2, -0.15) is 0 Å². The van der Waals surface area contributed by atoms with E-state index in [9.17, 15) is 0 Å². The molecule has 0 amide bonds. The lowest BCUT2D eigenvalue weighted by Crippen LogP contribution is -1.81. The van der Waals surface area contributed by atoms with Crippen LogP contribution in [-0.4, -0.2) is 9.97 Å². The highest BCUT2D eigenvalue weighted by atomic mass is 79.9. The van der Waals surface area contributed by atoms with Crippen LogP contribution in [0.4, 0.5) is 0 Å². The molecular weight excluding hydrogens is 271 g/mol. The molecule has 0 radical (unpaired) electrons. The molecule has 0 saturated carbocycles. The van der Waals surface area contributed by atoms with Crippen LogP contribution in [0.15, 0.2) is 15.4 Å². The summed E-state index contributed by atoms with van der Waals surface area (Å²) in [5.41, 5.74) is 0. The summed E-state index contributed by atoms with van der Waals surface area (Å²) in [5, 5.41) is 0.380. The molecule has 0 aliphatic rings. The first-order valence-electron chi connectivity index (χ1n) is 2.03. The van der Waals surface area contributed by atoms with Crippen molar-refractivity contribution in [2.45, 2.75) is 0 Å². The molecule has 0 unspecified atom stereocenters. The zero-order chi connectivity index (χ0) is 6.85. The van der Waals surface area contributed by atoms with E-state index in [1.54, 1.807) is 0 Å². The first kappa shape index (κ1) is 7.44.